The fraction of sp³-hybridized carbons (Fsp3) is 0.529. The number of benzene rings is 1. The standard InChI is InChI=1S/C17H23ClN2O3/c1-12-7-8-13(23-12)9-10-17(22)20(2)11-16(21)19-15-6-4-3-5-14(15)18/h3-6,12-13H,7-11H2,1-2H3,(H,19,21)/t12-,13-/m1/s1. The summed E-state index contributed by atoms with van der Waals surface area (Å²) in [6.45, 7) is 2.05. The third kappa shape index (κ3) is 5.52. The highest BCUT2D eigenvalue weighted by molar-refractivity contribution is 6.33. The molecule has 1 fully saturated rings. The van der Waals surface area contributed by atoms with Gasteiger partial charge in [-0.05, 0) is 38.3 Å². The number of hydrogen-bond acceptors (Lipinski definition) is 3. The van der Waals surface area contributed by atoms with Crippen LogP contribution in [0.4, 0.5) is 5.69 Å². The summed E-state index contributed by atoms with van der Waals surface area (Å²) in [5, 5.41) is 3.18. The summed E-state index contributed by atoms with van der Waals surface area (Å²) in [6, 6.07) is 7.01. The SMILES string of the molecule is C[C@@H]1CC[C@H](CCC(=O)N(C)CC(=O)Nc2ccccc2Cl)O1. The van der Waals surface area contributed by atoms with Crippen molar-refractivity contribution in [2.24, 2.45) is 0 Å². The second-order valence-electron chi connectivity index (χ2n) is 5.96. The van der Waals surface area contributed by atoms with Crippen molar-refractivity contribution < 1.29 is 14.3 Å². The van der Waals surface area contributed by atoms with Gasteiger partial charge in [0.2, 0.25) is 11.8 Å². The number of anilines is 1. The number of para-hydroxylation sites is 1. The number of ether oxygens (including phenoxy) is 1. The van der Waals surface area contributed by atoms with Gasteiger partial charge >= 0.3 is 0 Å². The zero-order valence-corrected chi connectivity index (χ0v) is 14.3. The summed E-state index contributed by atoms with van der Waals surface area (Å²) >= 11 is 5.99. The summed E-state index contributed by atoms with van der Waals surface area (Å²) in [5.41, 5.74) is 0.549. The Morgan fingerprint density at radius 3 is 2.74 bits per heavy atom. The molecule has 2 atom stereocenters. The van der Waals surface area contributed by atoms with E-state index in [1.54, 1.807) is 31.3 Å². The molecule has 0 aromatic heterocycles. The molecule has 6 heteroatoms. The Kier molecular flexibility index (Phi) is 6.42. The van der Waals surface area contributed by atoms with Crippen LogP contribution in [0.1, 0.15) is 32.6 Å². The number of carbonyl (C=O) groups excluding carboxylic acids is 2. The maximum atomic E-state index is 12.1. The third-order valence-corrected chi connectivity index (χ3v) is 4.28. The average molecular weight is 339 g/mol. The van der Waals surface area contributed by atoms with Crippen LogP contribution < -0.4 is 5.32 Å². The molecule has 0 aliphatic carbocycles. The van der Waals surface area contributed by atoms with E-state index >= 15 is 0 Å². The Morgan fingerprint density at radius 1 is 1.35 bits per heavy atom. The molecular weight excluding hydrogens is 316 g/mol. The maximum Gasteiger partial charge on any atom is 0.244 e. The number of hydrogen-bond donors (Lipinski definition) is 1. The van der Waals surface area contributed by atoms with E-state index in [9.17, 15) is 9.59 Å². The van der Waals surface area contributed by atoms with Gasteiger partial charge in [-0.25, -0.2) is 0 Å². The molecule has 1 aliphatic rings. The van der Waals surface area contributed by atoms with Crippen LogP contribution in [-0.2, 0) is 14.3 Å². The molecule has 0 unspecified atom stereocenters. The Bertz CT molecular complexity index is 565. The summed E-state index contributed by atoms with van der Waals surface area (Å²) in [7, 11) is 1.63. The van der Waals surface area contributed by atoms with E-state index in [1.165, 1.54) is 4.90 Å². The van der Waals surface area contributed by atoms with Gasteiger partial charge in [-0.15, -0.1) is 0 Å². The van der Waals surface area contributed by atoms with Gasteiger partial charge in [-0.3, -0.25) is 9.59 Å². The number of amides is 2. The molecule has 23 heavy (non-hydrogen) atoms. The lowest BCUT2D eigenvalue weighted by Gasteiger charge is -2.18. The van der Waals surface area contributed by atoms with Gasteiger partial charge in [0, 0.05) is 13.5 Å². The van der Waals surface area contributed by atoms with Crippen molar-refractivity contribution in [3.8, 4) is 0 Å². The maximum absolute atomic E-state index is 12.1. The largest absolute Gasteiger partial charge is 0.375 e. The van der Waals surface area contributed by atoms with Gasteiger partial charge in [0.25, 0.3) is 0 Å². The highest BCUT2D eigenvalue weighted by Crippen LogP contribution is 2.23. The van der Waals surface area contributed by atoms with E-state index in [0.717, 1.165) is 12.8 Å². The first kappa shape index (κ1) is 17.8. The predicted octanol–water partition coefficient (Wildman–Crippen LogP) is 3.08. The molecule has 1 saturated heterocycles. The molecule has 0 spiro atoms. The summed E-state index contributed by atoms with van der Waals surface area (Å²) < 4.78 is 5.70. The Hall–Kier alpha value is -1.59. The molecule has 1 aromatic rings. The molecule has 126 valence electrons. The minimum atomic E-state index is -0.264. The minimum Gasteiger partial charge on any atom is -0.375 e. The van der Waals surface area contributed by atoms with E-state index < -0.39 is 0 Å². The topological polar surface area (TPSA) is 58.6 Å². The first-order chi connectivity index (χ1) is 11.0. The number of likely N-dealkylation sites (N-methyl/N-ethyl adjacent to an activating group) is 1. The first-order valence-corrected chi connectivity index (χ1v) is 8.27. The van der Waals surface area contributed by atoms with Crippen molar-refractivity contribution in [1.82, 2.24) is 4.90 Å². The van der Waals surface area contributed by atoms with E-state index in [-0.39, 0.29) is 30.6 Å². The Labute approximate surface area is 141 Å². The van der Waals surface area contributed by atoms with E-state index in [1.807, 2.05) is 6.92 Å². The summed E-state index contributed by atoms with van der Waals surface area (Å²) in [6.07, 6.45) is 3.61. The Morgan fingerprint density at radius 2 is 2.09 bits per heavy atom. The van der Waals surface area contributed by atoms with Gasteiger partial charge in [0.15, 0.2) is 0 Å². The molecule has 2 amide bonds. The van der Waals surface area contributed by atoms with Crippen molar-refractivity contribution in [1.29, 1.82) is 0 Å². The van der Waals surface area contributed by atoms with E-state index in [0.29, 0.717) is 23.6 Å². The van der Waals surface area contributed by atoms with Gasteiger partial charge in [-0.1, -0.05) is 23.7 Å². The van der Waals surface area contributed by atoms with Crippen molar-refractivity contribution >= 4 is 29.1 Å². The predicted molar refractivity (Wildman–Crippen MR) is 90.5 cm³/mol. The van der Waals surface area contributed by atoms with Gasteiger partial charge in [-0.2, -0.15) is 0 Å². The summed E-state index contributed by atoms with van der Waals surface area (Å²) in [5.74, 6) is -0.317. The number of rotatable bonds is 6. The van der Waals surface area contributed by atoms with Crippen molar-refractivity contribution in [3.05, 3.63) is 29.3 Å². The molecule has 0 saturated carbocycles. The van der Waals surface area contributed by atoms with Crippen LogP contribution in [0.2, 0.25) is 5.02 Å². The average Bonchev–Trinajstić information content (AvgIpc) is 2.92. The second-order valence-corrected chi connectivity index (χ2v) is 6.37. The highest BCUT2D eigenvalue weighted by atomic mass is 35.5. The zero-order chi connectivity index (χ0) is 16.8. The van der Waals surface area contributed by atoms with Gasteiger partial charge < -0.3 is 15.0 Å². The molecule has 1 aliphatic heterocycles. The van der Waals surface area contributed by atoms with Crippen LogP contribution in [-0.4, -0.2) is 42.5 Å². The quantitative estimate of drug-likeness (QED) is 0.867. The van der Waals surface area contributed by atoms with Gasteiger partial charge in [0.1, 0.15) is 0 Å². The lowest BCUT2D eigenvalue weighted by atomic mass is 10.1. The fourth-order valence-electron chi connectivity index (χ4n) is 2.63. The first-order valence-electron chi connectivity index (χ1n) is 7.89. The van der Waals surface area contributed by atoms with Crippen molar-refractivity contribution in [2.75, 3.05) is 18.9 Å². The molecule has 1 heterocycles. The molecule has 2 rings (SSSR count). The number of nitrogens with zero attached hydrogens (tertiary/aromatic N) is 1. The van der Waals surface area contributed by atoms with Crippen molar-refractivity contribution in [2.45, 2.75) is 44.8 Å². The van der Waals surface area contributed by atoms with Crippen LogP contribution in [0.25, 0.3) is 0 Å². The van der Waals surface area contributed by atoms with Crippen LogP contribution in [0.15, 0.2) is 24.3 Å². The molecule has 1 N–H and O–H groups in total. The monoisotopic (exact) mass is 338 g/mol. The number of nitrogens with one attached hydrogen (secondary N) is 1. The lowest BCUT2D eigenvalue weighted by Crippen LogP contribution is -2.35. The fourth-order valence-corrected chi connectivity index (χ4v) is 2.81. The molecule has 0 radical (unpaired) electrons. The third-order valence-electron chi connectivity index (χ3n) is 3.95. The number of carbonyl (C=O) groups is 2. The molecule has 0 bridgehead atoms. The van der Waals surface area contributed by atoms with Gasteiger partial charge in [0.05, 0.1) is 29.5 Å². The van der Waals surface area contributed by atoms with Crippen LogP contribution in [0.5, 0.6) is 0 Å². The normalized spacial score (nSPS) is 20.3. The van der Waals surface area contributed by atoms with E-state index in [2.05, 4.69) is 5.32 Å². The van der Waals surface area contributed by atoms with Crippen molar-refractivity contribution in [3.63, 3.8) is 0 Å². The highest BCUT2D eigenvalue weighted by Gasteiger charge is 2.23. The van der Waals surface area contributed by atoms with E-state index in [4.69, 9.17) is 16.3 Å². The minimum absolute atomic E-state index is 0.00594. The van der Waals surface area contributed by atoms with Crippen LogP contribution in [0.3, 0.4) is 0 Å². The molecule has 5 nitrogen and oxygen atoms in total. The van der Waals surface area contributed by atoms with Crippen LogP contribution >= 0.6 is 11.6 Å². The Balaban J connectivity index is 1.74. The summed E-state index contributed by atoms with van der Waals surface area (Å²) in [4.78, 5) is 25.5. The zero-order valence-electron chi connectivity index (χ0n) is 13.5. The lowest BCUT2D eigenvalue weighted by molar-refractivity contribution is -0.133. The second kappa shape index (κ2) is 8.31. The number of halogens is 1. The van der Waals surface area contributed by atoms with Crippen LogP contribution in [0, 0.1) is 0 Å². The molecule has 1 aromatic carbocycles. The molecular formula is C17H23ClN2O3. The smallest absolute Gasteiger partial charge is 0.244 e.